The van der Waals surface area contributed by atoms with Gasteiger partial charge in [-0.2, -0.15) is 13.2 Å². The molecule has 1 fully saturated rings. The zero-order valence-corrected chi connectivity index (χ0v) is 15.9. The number of anilines is 1. The molecule has 0 saturated heterocycles. The molecule has 30 heavy (non-hydrogen) atoms. The molecule has 154 valence electrons. The van der Waals surface area contributed by atoms with Gasteiger partial charge in [0.15, 0.2) is 0 Å². The summed E-state index contributed by atoms with van der Waals surface area (Å²) in [4.78, 5) is 27.7. The van der Waals surface area contributed by atoms with Crippen LogP contribution in [0.2, 0.25) is 0 Å². The van der Waals surface area contributed by atoms with Crippen LogP contribution in [0.3, 0.4) is 0 Å². The van der Waals surface area contributed by atoms with E-state index in [9.17, 15) is 22.8 Å². The van der Waals surface area contributed by atoms with Crippen LogP contribution >= 0.6 is 0 Å². The predicted octanol–water partition coefficient (Wildman–Crippen LogP) is 4.78. The smallest absolute Gasteiger partial charge is 0.418 e. The number of halogens is 3. The lowest BCUT2D eigenvalue weighted by molar-refractivity contribution is -0.136. The summed E-state index contributed by atoms with van der Waals surface area (Å²) in [6, 6.07) is 11.2. The number of carbonyl (C=O) groups is 2. The topological polar surface area (TPSA) is 68.3 Å². The van der Waals surface area contributed by atoms with Crippen LogP contribution in [-0.2, 0) is 15.7 Å². The summed E-state index contributed by atoms with van der Waals surface area (Å²) in [5.74, 6) is -0.952. The number of aromatic nitrogens is 1. The summed E-state index contributed by atoms with van der Waals surface area (Å²) in [6.45, 7) is 0. The Labute approximate surface area is 169 Å². The molecule has 5 nitrogen and oxygen atoms in total. The fraction of sp³-hybridized carbons (Fsp3) is 0.227. The van der Waals surface area contributed by atoms with E-state index in [1.54, 1.807) is 30.3 Å². The Morgan fingerprint density at radius 2 is 1.83 bits per heavy atom. The van der Waals surface area contributed by atoms with E-state index in [1.807, 2.05) is 0 Å². The van der Waals surface area contributed by atoms with Crippen molar-refractivity contribution in [3.05, 3.63) is 71.5 Å². The van der Waals surface area contributed by atoms with E-state index < -0.39 is 17.7 Å². The quantitative estimate of drug-likeness (QED) is 0.624. The number of benzene rings is 2. The van der Waals surface area contributed by atoms with E-state index in [4.69, 9.17) is 0 Å². The third kappa shape index (κ3) is 3.85. The molecule has 1 aliphatic carbocycles. The first-order valence-electron chi connectivity index (χ1n) is 9.22. The molecule has 1 amide bonds. The number of methoxy groups -OCH3 is 1. The van der Waals surface area contributed by atoms with Crippen molar-refractivity contribution in [2.24, 2.45) is 5.92 Å². The molecule has 0 spiro atoms. The van der Waals surface area contributed by atoms with Crippen molar-refractivity contribution in [1.29, 1.82) is 0 Å². The van der Waals surface area contributed by atoms with Gasteiger partial charge in [-0.1, -0.05) is 18.2 Å². The normalized spacial score (nSPS) is 18.1. The monoisotopic (exact) mass is 414 g/mol. The lowest BCUT2D eigenvalue weighted by Crippen LogP contribution is -2.15. The minimum atomic E-state index is -4.53. The highest BCUT2D eigenvalue weighted by Gasteiger charge is 2.44. The molecule has 1 aromatic heterocycles. The third-order valence-corrected chi connectivity index (χ3v) is 5.22. The van der Waals surface area contributed by atoms with Crippen LogP contribution in [-0.4, -0.2) is 24.0 Å². The third-order valence-electron chi connectivity index (χ3n) is 5.22. The lowest BCUT2D eigenvalue weighted by atomic mass is 10.1. The molecular formula is C22H17F3N2O3. The summed E-state index contributed by atoms with van der Waals surface area (Å²) in [6.07, 6.45) is -1.77. The van der Waals surface area contributed by atoms with Gasteiger partial charge in [-0.15, -0.1) is 0 Å². The number of amides is 1. The van der Waals surface area contributed by atoms with Crippen LogP contribution in [0.15, 0.2) is 54.9 Å². The second-order valence-corrected chi connectivity index (χ2v) is 7.17. The summed E-state index contributed by atoms with van der Waals surface area (Å²) in [7, 11) is 1.30. The van der Waals surface area contributed by atoms with E-state index in [0.717, 1.165) is 11.8 Å². The van der Waals surface area contributed by atoms with Gasteiger partial charge in [0.05, 0.1) is 18.2 Å². The molecule has 0 unspecified atom stereocenters. The molecule has 1 N–H and O–H groups in total. The van der Waals surface area contributed by atoms with Gasteiger partial charge in [0, 0.05) is 29.4 Å². The first kappa shape index (κ1) is 19.9. The molecule has 0 aliphatic heterocycles. The molecule has 1 saturated carbocycles. The Morgan fingerprint density at radius 1 is 1.10 bits per heavy atom. The standard InChI is InChI=1S/C22H17F3N2O3/c1-30-21(29)13-4-2-12(3-5-13)16-9-18(16)20(28)27-15-7-6-14-10-26-11-19(17(14)8-15)22(23,24)25/h2-8,10-11,16,18H,9H2,1H3,(H,27,28)/t16-,18+/m0/s1. The highest BCUT2D eigenvalue weighted by molar-refractivity contribution is 5.98. The summed E-state index contributed by atoms with van der Waals surface area (Å²) < 4.78 is 44.4. The largest absolute Gasteiger partial charge is 0.465 e. The minimum absolute atomic E-state index is 0.00656. The van der Waals surface area contributed by atoms with Crippen molar-refractivity contribution in [2.45, 2.75) is 18.5 Å². The molecule has 4 rings (SSSR count). The highest BCUT2D eigenvalue weighted by atomic mass is 19.4. The number of nitrogens with one attached hydrogen (secondary N) is 1. The lowest BCUT2D eigenvalue weighted by Gasteiger charge is -2.11. The number of fused-ring (bicyclic) bond motifs is 1. The second-order valence-electron chi connectivity index (χ2n) is 7.17. The van der Waals surface area contributed by atoms with Crippen molar-refractivity contribution in [3.63, 3.8) is 0 Å². The maximum Gasteiger partial charge on any atom is 0.418 e. The zero-order chi connectivity index (χ0) is 21.5. The minimum Gasteiger partial charge on any atom is -0.465 e. The number of rotatable bonds is 4. The first-order chi connectivity index (χ1) is 14.3. The fourth-order valence-electron chi connectivity index (χ4n) is 3.54. The van der Waals surface area contributed by atoms with Gasteiger partial charge in [0.25, 0.3) is 0 Å². The van der Waals surface area contributed by atoms with Crippen LogP contribution < -0.4 is 5.32 Å². The molecule has 8 heteroatoms. The van der Waals surface area contributed by atoms with Crippen molar-refractivity contribution in [3.8, 4) is 0 Å². The van der Waals surface area contributed by atoms with E-state index in [-0.39, 0.29) is 23.1 Å². The number of alkyl halides is 3. The fourth-order valence-corrected chi connectivity index (χ4v) is 3.54. The van der Waals surface area contributed by atoms with E-state index in [1.165, 1.54) is 25.4 Å². The molecule has 3 aromatic rings. The molecule has 0 bridgehead atoms. The average molecular weight is 414 g/mol. The van der Waals surface area contributed by atoms with Crippen molar-refractivity contribution < 1.29 is 27.5 Å². The predicted molar refractivity (Wildman–Crippen MR) is 104 cm³/mol. The van der Waals surface area contributed by atoms with Crippen LogP contribution in [0.25, 0.3) is 10.8 Å². The maximum absolute atomic E-state index is 13.2. The molecule has 2 aromatic carbocycles. The SMILES string of the molecule is COC(=O)c1ccc([C@@H]2C[C@H]2C(=O)Nc2ccc3cncc(C(F)(F)F)c3c2)cc1. The highest BCUT2D eigenvalue weighted by Crippen LogP contribution is 2.48. The van der Waals surface area contributed by atoms with Crippen molar-refractivity contribution in [2.75, 3.05) is 12.4 Å². The Morgan fingerprint density at radius 3 is 2.50 bits per heavy atom. The van der Waals surface area contributed by atoms with Crippen LogP contribution in [0.5, 0.6) is 0 Å². The maximum atomic E-state index is 13.2. The first-order valence-corrected chi connectivity index (χ1v) is 9.22. The Bertz CT molecular complexity index is 1130. The van der Waals surface area contributed by atoms with Crippen LogP contribution in [0, 0.1) is 5.92 Å². The van der Waals surface area contributed by atoms with E-state index in [2.05, 4.69) is 15.0 Å². The number of hydrogen-bond donors (Lipinski definition) is 1. The summed E-state index contributed by atoms with van der Waals surface area (Å²) in [5.41, 5.74) is 0.808. The van der Waals surface area contributed by atoms with Crippen molar-refractivity contribution in [1.82, 2.24) is 4.98 Å². The second kappa shape index (κ2) is 7.44. The van der Waals surface area contributed by atoms with Gasteiger partial charge in [-0.25, -0.2) is 4.79 Å². The van der Waals surface area contributed by atoms with Crippen molar-refractivity contribution >= 4 is 28.3 Å². The molecule has 1 heterocycles. The van der Waals surface area contributed by atoms with Gasteiger partial charge in [0.1, 0.15) is 0 Å². The van der Waals surface area contributed by atoms with Gasteiger partial charge in [-0.3, -0.25) is 9.78 Å². The van der Waals surface area contributed by atoms with Gasteiger partial charge in [0.2, 0.25) is 5.91 Å². The molecule has 0 radical (unpaired) electrons. The molecular weight excluding hydrogens is 397 g/mol. The zero-order valence-electron chi connectivity index (χ0n) is 15.9. The van der Waals surface area contributed by atoms with Crippen LogP contribution in [0.4, 0.5) is 18.9 Å². The number of esters is 1. The molecule has 2 atom stereocenters. The van der Waals surface area contributed by atoms with E-state index in [0.29, 0.717) is 23.1 Å². The summed E-state index contributed by atoms with van der Waals surface area (Å²) in [5, 5.41) is 3.04. The van der Waals surface area contributed by atoms with E-state index >= 15 is 0 Å². The summed E-state index contributed by atoms with van der Waals surface area (Å²) >= 11 is 0. The average Bonchev–Trinajstić information content (AvgIpc) is 3.53. The van der Waals surface area contributed by atoms with Gasteiger partial charge < -0.3 is 10.1 Å². The Balaban J connectivity index is 1.48. The molecule has 1 aliphatic rings. The number of ether oxygens (including phenoxy) is 1. The van der Waals surface area contributed by atoms with Gasteiger partial charge in [-0.05, 0) is 47.6 Å². The number of pyridine rings is 1. The number of hydrogen-bond acceptors (Lipinski definition) is 4. The van der Waals surface area contributed by atoms with Gasteiger partial charge >= 0.3 is 12.1 Å². The van der Waals surface area contributed by atoms with Crippen LogP contribution in [0.1, 0.15) is 33.8 Å². The number of carbonyl (C=O) groups excluding carboxylic acids is 2. The Kier molecular flexibility index (Phi) is 4.93. The number of nitrogens with zero attached hydrogens (tertiary/aromatic N) is 1. The Hall–Kier alpha value is -3.42.